The largest absolute Gasteiger partial charge is 0.465 e. The third-order valence-corrected chi connectivity index (χ3v) is 6.42. The van der Waals surface area contributed by atoms with Crippen LogP contribution in [0.25, 0.3) is 6.08 Å². The van der Waals surface area contributed by atoms with Crippen LogP contribution in [0.2, 0.25) is 0 Å². The number of piperazine rings is 1. The van der Waals surface area contributed by atoms with Gasteiger partial charge in [0.25, 0.3) is 5.91 Å². The lowest BCUT2D eigenvalue weighted by Gasteiger charge is -2.33. The SMILES string of the molecule is Cc1ccc(S(=O)(=O)N2CCN(CC(=O)N/N=C\C=C\c3ccco3)CC2)cc1. The highest BCUT2D eigenvalue weighted by Gasteiger charge is 2.28. The van der Waals surface area contributed by atoms with Crippen LogP contribution < -0.4 is 5.43 Å². The van der Waals surface area contributed by atoms with Gasteiger partial charge in [0.05, 0.1) is 17.7 Å². The summed E-state index contributed by atoms with van der Waals surface area (Å²) >= 11 is 0. The summed E-state index contributed by atoms with van der Waals surface area (Å²) in [5.74, 6) is 0.448. The van der Waals surface area contributed by atoms with Crippen molar-refractivity contribution in [1.82, 2.24) is 14.6 Å². The normalized spacial score (nSPS) is 16.6. The molecule has 154 valence electrons. The van der Waals surface area contributed by atoms with Crippen LogP contribution in [-0.2, 0) is 14.8 Å². The molecule has 0 saturated carbocycles. The number of allylic oxidation sites excluding steroid dienone is 1. The molecule has 1 N–H and O–H groups in total. The van der Waals surface area contributed by atoms with E-state index in [1.807, 2.05) is 17.9 Å². The topological polar surface area (TPSA) is 95.2 Å². The van der Waals surface area contributed by atoms with Gasteiger partial charge in [-0.15, -0.1) is 0 Å². The van der Waals surface area contributed by atoms with Gasteiger partial charge in [0.1, 0.15) is 5.76 Å². The summed E-state index contributed by atoms with van der Waals surface area (Å²) in [6.45, 7) is 3.75. The third kappa shape index (κ3) is 5.86. The van der Waals surface area contributed by atoms with Crippen molar-refractivity contribution in [1.29, 1.82) is 0 Å². The van der Waals surface area contributed by atoms with Gasteiger partial charge >= 0.3 is 0 Å². The zero-order valence-corrected chi connectivity index (χ0v) is 17.0. The second kappa shape index (κ2) is 9.64. The van der Waals surface area contributed by atoms with Crippen molar-refractivity contribution >= 4 is 28.2 Å². The Bertz CT molecular complexity index is 958. The molecule has 8 nitrogen and oxygen atoms in total. The molecule has 1 saturated heterocycles. The van der Waals surface area contributed by atoms with Crippen LogP contribution in [0.15, 0.2) is 63.2 Å². The summed E-state index contributed by atoms with van der Waals surface area (Å²) in [7, 11) is -3.50. The number of benzene rings is 1. The van der Waals surface area contributed by atoms with Crippen LogP contribution in [-0.4, -0.2) is 62.5 Å². The first-order valence-corrected chi connectivity index (χ1v) is 10.7. The molecule has 1 aliphatic heterocycles. The molecule has 1 amide bonds. The van der Waals surface area contributed by atoms with Crippen LogP contribution in [0.1, 0.15) is 11.3 Å². The van der Waals surface area contributed by atoms with Gasteiger partial charge in [0.2, 0.25) is 10.0 Å². The minimum absolute atomic E-state index is 0.164. The maximum Gasteiger partial charge on any atom is 0.254 e. The Labute approximate surface area is 170 Å². The second-order valence-electron chi connectivity index (χ2n) is 6.68. The average Bonchev–Trinajstić information content (AvgIpc) is 3.22. The molecule has 0 spiro atoms. The maximum absolute atomic E-state index is 12.7. The third-order valence-electron chi connectivity index (χ3n) is 4.51. The second-order valence-corrected chi connectivity index (χ2v) is 8.62. The predicted octanol–water partition coefficient (Wildman–Crippen LogP) is 1.71. The molecule has 29 heavy (non-hydrogen) atoms. The smallest absolute Gasteiger partial charge is 0.254 e. The molecular formula is C20H24N4O4S. The Hall–Kier alpha value is -2.75. The molecule has 0 aliphatic carbocycles. The van der Waals surface area contributed by atoms with E-state index in [0.717, 1.165) is 5.56 Å². The molecule has 1 fully saturated rings. The summed E-state index contributed by atoms with van der Waals surface area (Å²) in [6, 6.07) is 10.4. The first-order valence-electron chi connectivity index (χ1n) is 9.26. The number of nitrogens with one attached hydrogen (secondary N) is 1. The first-order chi connectivity index (χ1) is 13.9. The number of hydrazone groups is 1. The Balaban J connectivity index is 1.43. The van der Waals surface area contributed by atoms with Crippen LogP contribution >= 0.6 is 0 Å². The quantitative estimate of drug-likeness (QED) is 0.548. The number of sulfonamides is 1. The fraction of sp³-hybridized carbons (Fsp3) is 0.300. The van der Waals surface area contributed by atoms with Crippen molar-refractivity contribution in [2.75, 3.05) is 32.7 Å². The van der Waals surface area contributed by atoms with E-state index < -0.39 is 10.0 Å². The van der Waals surface area contributed by atoms with E-state index in [2.05, 4.69) is 10.5 Å². The molecule has 0 bridgehead atoms. The Morgan fingerprint density at radius 2 is 1.90 bits per heavy atom. The molecule has 1 aromatic carbocycles. The van der Waals surface area contributed by atoms with Gasteiger partial charge in [-0.25, -0.2) is 13.8 Å². The number of rotatable bonds is 7. The van der Waals surface area contributed by atoms with E-state index in [1.54, 1.807) is 48.7 Å². The number of nitrogens with zero attached hydrogens (tertiary/aromatic N) is 3. The van der Waals surface area contributed by atoms with E-state index in [-0.39, 0.29) is 12.5 Å². The Kier molecular flexibility index (Phi) is 6.97. The number of amides is 1. The lowest BCUT2D eigenvalue weighted by atomic mass is 10.2. The number of aryl methyl sites for hydroxylation is 1. The van der Waals surface area contributed by atoms with E-state index >= 15 is 0 Å². The van der Waals surface area contributed by atoms with Gasteiger partial charge in [-0.2, -0.15) is 9.41 Å². The summed E-state index contributed by atoms with van der Waals surface area (Å²) in [5, 5.41) is 3.85. The highest BCUT2D eigenvalue weighted by Crippen LogP contribution is 2.18. The van der Waals surface area contributed by atoms with Gasteiger partial charge in [-0.05, 0) is 43.3 Å². The van der Waals surface area contributed by atoms with Crippen molar-refractivity contribution in [3.05, 3.63) is 60.1 Å². The molecule has 9 heteroatoms. The van der Waals surface area contributed by atoms with Crippen molar-refractivity contribution < 1.29 is 17.6 Å². The van der Waals surface area contributed by atoms with Gasteiger partial charge in [-0.3, -0.25) is 9.69 Å². The van der Waals surface area contributed by atoms with E-state index in [0.29, 0.717) is 36.8 Å². The van der Waals surface area contributed by atoms with Crippen molar-refractivity contribution in [3.8, 4) is 0 Å². The van der Waals surface area contributed by atoms with Crippen LogP contribution in [0.5, 0.6) is 0 Å². The number of hydrogen-bond acceptors (Lipinski definition) is 6. The number of hydrogen-bond donors (Lipinski definition) is 1. The summed E-state index contributed by atoms with van der Waals surface area (Å²) in [5.41, 5.74) is 3.47. The monoisotopic (exact) mass is 416 g/mol. The van der Waals surface area contributed by atoms with Gasteiger partial charge in [0.15, 0.2) is 0 Å². The van der Waals surface area contributed by atoms with Gasteiger partial charge in [0, 0.05) is 32.4 Å². The minimum Gasteiger partial charge on any atom is -0.465 e. The van der Waals surface area contributed by atoms with Gasteiger partial charge in [-0.1, -0.05) is 17.7 Å². The standard InChI is InChI=1S/C20H24N4O4S/c1-17-6-8-19(9-7-17)29(26,27)24-13-11-23(12-14-24)16-20(25)22-21-10-2-4-18-5-3-15-28-18/h2-10,15H,11-14,16H2,1H3,(H,22,25)/b4-2+,21-10-. The minimum atomic E-state index is -3.50. The van der Waals surface area contributed by atoms with Crippen molar-refractivity contribution in [3.63, 3.8) is 0 Å². The zero-order chi connectivity index (χ0) is 20.7. The molecule has 2 aromatic rings. The molecule has 0 atom stereocenters. The molecular weight excluding hydrogens is 392 g/mol. The number of furan rings is 1. The molecule has 2 heterocycles. The number of carbonyl (C=O) groups excluding carboxylic acids is 1. The predicted molar refractivity (Wildman–Crippen MR) is 111 cm³/mol. The van der Waals surface area contributed by atoms with E-state index in [1.165, 1.54) is 10.5 Å². The fourth-order valence-electron chi connectivity index (χ4n) is 2.90. The molecule has 0 radical (unpaired) electrons. The first kappa shape index (κ1) is 21.0. The number of carbonyl (C=O) groups is 1. The van der Waals surface area contributed by atoms with Crippen LogP contribution in [0, 0.1) is 6.92 Å². The lowest BCUT2D eigenvalue weighted by Crippen LogP contribution is -2.50. The highest BCUT2D eigenvalue weighted by atomic mass is 32.2. The lowest BCUT2D eigenvalue weighted by molar-refractivity contribution is -0.122. The zero-order valence-electron chi connectivity index (χ0n) is 16.2. The fourth-order valence-corrected chi connectivity index (χ4v) is 4.32. The Morgan fingerprint density at radius 3 is 2.55 bits per heavy atom. The summed E-state index contributed by atoms with van der Waals surface area (Å²) < 4.78 is 32.0. The van der Waals surface area contributed by atoms with E-state index in [4.69, 9.17) is 4.42 Å². The van der Waals surface area contributed by atoms with Crippen LogP contribution in [0.4, 0.5) is 0 Å². The molecule has 1 aliphatic rings. The summed E-state index contributed by atoms with van der Waals surface area (Å²) in [6.07, 6.45) is 6.42. The average molecular weight is 417 g/mol. The molecule has 1 aromatic heterocycles. The van der Waals surface area contributed by atoms with Crippen LogP contribution in [0.3, 0.4) is 0 Å². The molecule has 3 rings (SSSR count). The van der Waals surface area contributed by atoms with E-state index in [9.17, 15) is 13.2 Å². The Morgan fingerprint density at radius 1 is 1.17 bits per heavy atom. The maximum atomic E-state index is 12.7. The van der Waals surface area contributed by atoms with Gasteiger partial charge < -0.3 is 4.42 Å². The highest BCUT2D eigenvalue weighted by molar-refractivity contribution is 7.89. The molecule has 0 unspecified atom stereocenters. The van der Waals surface area contributed by atoms with Crippen molar-refractivity contribution in [2.45, 2.75) is 11.8 Å². The van der Waals surface area contributed by atoms with Crippen molar-refractivity contribution in [2.24, 2.45) is 5.10 Å². The summed E-state index contributed by atoms with van der Waals surface area (Å²) in [4.78, 5) is 14.2.